The second-order valence-electron chi connectivity index (χ2n) is 6.50. The molecule has 132 valence electrons. The molecule has 0 aromatic heterocycles. The lowest BCUT2D eigenvalue weighted by molar-refractivity contribution is 0.0952. The minimum atomic E-state index is -0.420. The molecular weight excluding hydrogens is 331 g/mol. The van der Waals surface area contributed by atoms with Crippen LogP contribution in [0.5, 0.6) is 5.75 Å². The summed E-state index contributed by atoms with van der Waals surface area (Å²) in [7, 11) is 1.44. The van der Waals surface area contributed by atoms with E-state index >= 15 is 0 Å². The van der Waals surface area contributed by atoms with Gasteiger partial charge in [-0.05, 0) is 35.9 Å². The quantitative estimate of drug-likeness (QED) is 0.696. The van der Waals surface area contributed by atoms with Gasteiger partial charge in [-0.2, -0.15) is 0 Å². The van der Waals surface area contributed by atoms with Gasteiger partial charge in [0.05, 0.1) is 18.4 Å². The van der Waals surface area contributed by atoms with Crippen LogP contribution in [-0.4, -0.2) is 19.1 Å². The third-order valence-electron chi connectivity index (χ3n) is 4.73. The molecule has 0 heterocycles. The van der Waals surface area contributed by atoms with Gasteiger partial charge in [0, 0.05) is 17.0 Å². The maximum absolute atomic E-state index is 14.7. The number of methoxy groups -OCH3 is 1. The average Bonchev–Trinajstić information content (AvgIpc) is 3.46. The summed E-state index contributed by atoms with van der Waals surface area (Å²) in [5, 5.41) is 4.47. The number of nitrogens with one attached hydrogen (secondary N) is 1. The molecule has 3 aromatic rings. The molecule has 1 fully saturated rings. The Morgan fingerprint density at radius 1 is 1.08 bits per heavy atom. The van der Waals surface area contributed by atoms with Crippen LogP contribution in [0.2, 0.25) is 0 Å². The second-order valence-corrected chi connectivity index (χ2v) is 6.50. The van der Waals surface area contributed by atoms with Crippen molar-refractivity contribution in [3.63, 3.8) is 0 Å². The summed E-state index contributed by atoms with van der Waals surface area (Å²) in [6.45, 7) is 0. The second kappa shape index (κ2) is 6.33. The lowest BCUT2D eigenvalue weighted by Crippen LogP contribution is -2.26. The molecule has 0 unspecified atom stereocenters. The van der Waals surface area contributed by atoms with E-state index < -0.39 is 5.82 Å². The number of benzene rings is 3. The highest BCUT2D eigenvalue weighted by Gasteiger charge is 2.25. The Balaban J connectivity index is 1.85. The summed E-state index contributed by atoms with van der Waals surface area (Å²) in [5.41, 5.74) is 8.28. The van der Waals surface area contributed by atoms with Crippen molar-refractivity contribution in [3.8, 4) is 16.9 Å². The van der Waals surface area contributed by atoms with E-state index in [2.05, 4.69) is 5.32 Å². The fourth-order valence-electron chi connectivity index (χ4n) is 3.18. The molecule has 0 atom stereocenters. The first-order valence-electron chi connectivity index (χ1n) is 8.55. The van der Waals surface area contributed by atoms with Crippen LogP contribution >= 0.6 is 0 Å². The van der Waals surface area contributed by atoms with Gasteiger partial charge in [0.1, 0.15) is 0 Å². The van der Waals surface area contributed by atoms with Gasteiger partial charge in [-0.1, -0.05) is 36.4 Å². The SMILES string of the molecule is COc1cccc(-c2cccc3c(N)c(C(=O)NC4CC4)ccc23)c1F. The molecule has 1 amide bonds. The molecule has 4 rings (SSSR count). The van der Waals surface area contributed by atoms with E-state index in [0.29, 0.717) is 22.4 Å². The van der Waals surface area contributed by atoms with E-state index in [9.17, 15) is 9.18 Å². The van der Waals surface area contributed by atoms with Crippen molar-refractivity contribution < 1.29 is 13.9 Å². The van der Waals surface area contributed by atoms with E-state index in [1.165, 1.54) is 7.11 Å². The Hall–Kier alpha value is -3.08. The zero-order valence-corrected chi connectivity index (χ0v) is 14.4. The Morgan fingerprint density at radius 2 is 1.81 bits per heavy atom. The third-order valence-corrected chi connectivity index (χ3v) is 4.73. The normalized spacial score (nSPS) is 13.6. The predicted molar refractivity (Wildman–Crippen MR) is 101 cm³/mol. The van der Waals surface area contributed by atoms with Gasteiger partial charge >= 0.3 is 0 Å². The van der Waals surface area contributed by atoms with Crippen LogP contribution < -0.4 is 15.8 Å². The molecule has 3 N–H and O–H groups in total. The molecular formula is C21H19FN2O2. The third kappa shape index (κ3) is 2.75. The Kier molecular flexibility index (Phi) is 3.99. The topological polar surface area (TPSA) is 64.3 Å². The van der Waals surface area contributed by atoms with Crippen molar-refractivity contribution in [2.24, 2.45) is 0 Å². The van der Waals surface area contributed by atoms with Gasteiger partial charge in [0.25, 0.3) is 5.91 Å². The number of nitrogens with two attached hydrogens (primary N) is 1. The number of anilines is 1. The number of carbonyl (C=O) groups is 1. The van der Waals surface area contributed by atoms with Crippen molar-refractivity contribution in [1.29, 1.82) is 0 Å². The van der Waals surface area contributed by atoms with Gasteiger partial charge in [-0.25, -0.2) is 4.39 Å². The molecule has 5 heteroatoms. The molecule has 0 bridgehead atoms. The van der Waals surface area contributed by atoms with E-state index in [4.69, 9.17) is 10.5 Å². The van der Waals surface area contributed by atoms with E-state index in [0.717, 1.165) is 23.6 Å². The molecule has 26 heavy (non-hydrogen) atoms. The fourth-order valence-corrected chi connectivity index (χ4v) is 3.18. The minimum Gasteiger partial charge on any atom is -0.494 e. The van der Waals surface area contributed by atoms with Gasteiger partial charge in [-0.15, -0.1) is 0 Å². The maximum atomic E-state index is 14.7. The Morgan fingerprint density at radius 3 is 2.54 bits per heavy atom. The van der Waals surface area contributed by atoms with Crippen LogP contribution in [0.25, 0.3) is 21.9 Å². The van der Waals surface area contributed by atoms with Crippen molar-refractivity contribution in [2.75, 3.05) is 12.8 Å². The number of ether oxygens (including phenoxy) is 1. The Bertz CT molecular complexity index is 1010. The number of amides is 1. The van der Waals surface area contributed by atoms with Crippen LogP contribution in [0.4, 0.5) is 10.1 Å². The fraction of sp³-hybridized carbons (Fsp3) is 0.190. The lowest BCUT2D eigenvalue weighted by atomic mass is 9.95. The highest BCUT2D eigenvalue weighted by Crippen LogP contribution is 2.36. The first-order valence-corrected chi connectivity index (χ1v) is 8.55. The number of fused-ring (bicyclic) bond motifs is 1. The first-order chi connectivity index (χ1) is 12.6. The van der Waals surface area contributed by atoms with Gasteiger partial charge in [-0.3, -0.25) is 4.79 Å². The van der Waals surface area contributed by atoms with Crippen molar-refractivity contribution in [2.45, 2.75) is 18.9 Å². The van der Waals surface area contributed by atoms with E-state index in [1.807, 2.05) is 24.3 Å². The van der Waals surface area contributed by atoms with Crippen LogP contribution in [0.3, 0.4) is 0 Å². The molecule has 0 saturated heterocycles. The van der Waals surface area contributed by atoms with Crippen molar-refractivity contribution >= 4 is 22.4 Å². The minimum absolute atomic E-state index is 0.162. The average molecular weight is 350 g/mol. The smallest absolute Gasteiger partial charge is 0.253 e. The summed E-state index contributed by atoms with van der Waals surface area (Å²) in [4.78, 5) is 12.4. The van der Waals surface area contributed by atoms with Gasteiger partial charge < -0.3 is 15.8 Å². The zero-order chi connectivity index (χ0) is 18.3. The van der Waals surface area contributed by atoms with Crippen LogP contribution in [0.1, 0.15) is 23.2 Å². The summed E-state index contributed by atoms with van der Waals surface area (Å²) in [5.74, 6) is -0.394. The molecule has 1 aliphatic carbocycles. The van der Waals surface area contributed by atoms with Gasteiger partial charge in [0.15, 0.2) is 11.6 Å². The molecule has 3 aromatic carbocycles. The highest BCUT2D eigenvalue weighted by atomic mass is 19.1. The predicted octanol–water partition coefficient (Wildman–Crippen LogP) is 4.13. The summed E-state index contributed by atoms with van der Waals surface area (Å²) in [6.07, 6.45) is 2.02. The lowest BCUT2D eigenvalue weighted by Gasteiger charge is -2.14. The molecule has 4 nitrogen and oxygen atoms in total. The molecule has 0 radical (unpaired) electrons. The van der Waals surface area contributed by atoms with Crippen molar-refractivity contribution in [3.05, 3.63) is 59.9 Å². The number of hydrogen-bond acceptors (Lipinski definition) is 3. The van der Waals surface area contributed by atoms with Crippen LogP contribution in [0, 0.1) is 5.82 Å². The molecule has 0 aliphatic heterocycles. The number of halogens is 1. The summed E-state index contributed by atoms with van der Waals surface area (Å²) in [6, 6.07) is 14.3. The Labute approximate surface area is 150 Å². The standard InChI is InChI=1S/C21H19FN2O2/c1-26-18-7-3-5-15(19(18)22)13-4-2-6-16-14(13)10-11-17(20(16)23)21(25)24-12-8-9-12/h2-7,10-12H,8-9,23H2,1H3,(H,24,25). The monoisotopic (exact) mass is 350 g/mol. The molecule has 0 spiro atoms. The number of rotatable bonds is 4. The molecule has 1 aliphatic rings. The summed E-state index contributed by atoms with van der Waals surface area (Å²) < 4.78 is 19.8. The molecule has 1 saturated carbocycles. The van der Waals surface area contributed by atoms with E-state index in [-0.39, 0.29) is 17.7 Å². The maximum Gasteiger partial charge on any atom is 0.253 e. The summed E-state index contributed by atoms with van der Waals surface area (Å²) >= 11 is 0. The number of nitrogen functional groups attached to an aromatic ring is 1. The van der Waals surface area contributed by atoms with Crippen molar-refractivity contribution in [1.82, 2.24) is 5.32 Å². The van der Waals surface area contributed by atoms with Crippen LogP contribution in [-0.2, 0) is 0 Å². The van der Waals surface area contributed by atoms with Crippen LogP contribution in [0.15, 0.2) is 48.5 Å². The highest BCUT2D eigenvalue weighted by molar-refractivity contribution is 6.11. The number of hydrogen-bond donors (Lipinski definition) is 2. The zero-order valence-electron chi connectivity index (χ0n) is 14.4. The van der Waals surface area contributed by atoms with E-state index in [1.54, 1.807) is 24.3 Å². The van der Waals surface area contributed by atoms with Gasteiger partial charge in [0.2, 0.25) is 0 Å². The largest absolute Gasteiger partial charge is 0.494 e. The number of carbonyl (C=O) groups excluding carboxylic acids is 1. The first kappa shape index (κ1) is 16.4.